The van der Waals surface area contributed by atoms with Gasteiger partial charge in [0.25, 0.3) is 5.91 Å². The number of anilines is 1. The molecule has 1 amide bonds. The number of methoxy groups -OCH3 is 1. The third-order valence-corrected chi connectivity index (χ3v) is 4.25. The Bertz CT molecular complexity index is 422. The molecule has 2 N–H and O–H groups in total. The largest absolute Gasteiger partial charge is 0.390 e. The zero-order chi connectivity index (χ0) is 12.4. The van der Waals surface area contributed by atoms with Crippen molar-refractivity contribution >= 4 is 22.2 Å². The molecule has 1 aromatic heterocycles. The van der Waals surface area contributed by atoms with Crippen LogP contribution in [0.25, 0.3) is 0 Å². The van der Waals surface area contributed by atoms with Crippen LogP contribution in [0.3, 0.4) is 0 Å². The van der Waals surface area contributed by atoms with Crippen LogP contribution in [0.1, 0.15) is 33.6 Å². The molecule has 1 fully saturated rings. The second-order valence-electron chi connectivity index (χ2n) is 4.32. The van der Waals surface area contributed by atoms with E-state index in [9.17, 15) is 4.79 Å². The Balaban J connectivity index is 2.27. The summed E-state index contributed by atoms with van der Waals surface area (Å²) in [6.07, 6.45) is 2.19. The number of amides is 1. The smallest absolute Gasteiger partial charge is 0.257 e. The summed E-state index contributed by atoms with van der Waals surface area (Å²) >= 11 is 1.46. The van der Waals surface area contributed by atoms with Crippen LogP contribution in [0.5, 0.6) is 0 Å². The number of hydrogen-bond donors (Lipinski definition) is 1. The average molecular weight is 254 g/mol. The summed E-state index contributed by atoms with van der Waals surface area (Å²) in [4.78, 5) is 15.3. The molecule has 1 aliphatic heterocycles. The number of carbonyl (C=O) groups excluding carboxylic acids is 1. The molecule has 0 aliphatic carbocycles. The lowest BCUT2D eigenvalue weighted by molar-refractivity contribution is 0.0793. The summed E-state index contributed by atoms with van der Waals surface area (Å²) < 4.78 is 5.11. The molecule has 2 heterocycles. The monoisotopic (exact) mass is 254 g/mol. The first-order valence-electron chi connectivity index (χ1n) is 5.81. The molecule has 0 spiro atoms. The van der Waals surface area contributed by atoms with E-state index >= 15 is 0 Å². The van der Waals surface area contributed by atoms with Crippen LogP contribution in [-0.2, 0) is 11.3 Å². The predicted molar refractivity (Wildman–Crippen MR) is 69.3 cm³/mol. The van der Waals surface area contributed by atoms with Crippen molar-refractivity contribution in [1.82, 2.24) is 4.90 Å². The minimum atomic E-state index is 0.0797. The lowest BCUT2D eigenvalue weighted by Crippen LogP contribution is -2.28. The SMILES string of the molecule is COCc1sc(N)c(C(=O)N2CCCC2)c1C. The number of nitrogens with two attached hydrogens (primary N) is 1. The molecule has 5 heteroatoms. The van der Waals surface area contributed by atoms with Gasteiger partial charge in [-0.2, -0.15) is 0 Å². The molecule has 0 unspecified atom stereocenters. The first-order valence-corrected chi connectivity index (χ1v) is 6.62. The van der Waals surface area contributed by atoms with E-state index in [4.69, 9.17) is 10.5 Å². The molecule has 1 saturated heterocycles. The van der Waals surface area contributed by atoms with Gasteiger partial charge in [-0.05, 0) is 25.3 Å². The molecule has 0 atom stereocenters. The summed E-state index contributed by atoms with van der Waals surface area (Å²) in [7, 11) is 1.65. The molecule has 0 bridgehead atoms. The fourth-order valence-electron chi connectivity index (χ4n) is 2.20. The number of nitrogens with zero attached hydrogens (tertiary/aromatic N) is 1. The van der Waals surface area contributed by atoms with Crippen molar-refractivity contribution in [2.45, 2.75) is 26.4 Å². The molecule has 1 aromatic rings. The third-order valence-electron chi connectivity index (χ3n) is 3.16. The Labute approximate surface area is 105 Å². The highest BCUT2D eigenvalue weighted by atomic mass is 32.1. The maximum Gasteiger partial charge on any atom is 0.257 e. The van der Waals surface area contributed by atoms with Crippen molar-refractivity contribution in [3.8, 4) is 0 Å². The highest BCUT2D eigenvalue weighted by Gasteiger charge is 2.25. The van der Waals surface area contributed by atoms with Crippen molar-refractivity contribution in [3.05, 3.63) is 16.0 Å². The second kappa shape index (κ2) is 5.06. The van der Waals surface area contributed by atoms with Gasteiger partial charge in [-0.25, -0.2) is 0 Å². The quantitative estimate of drug-likeness (QED) is 0.898. The van der Waals surface area contributed by atoms with E-state index < -0.39 is 0 Å². The molecule has 94 valence electrons. The van der Waals surface area contributed by atoms with E-state index in [1.807, 2.05) is 11.8 Å². The molecule has 4 nitrogen and oxygen atoms in total. The Kier molecular flexibility index (Phi) is 3.69. The summed E-state index contributed by atoms with van der Waals surface area (Å²) in [5, 5.41) is 0.617. The number of nitrogen functional groups attached to an aromatic ring is 1. The molecule has 17 heavy (non-hydrogen) atoms. The van der Waals surface area contributed by atoms with Crippen LogP contribution in [0.4, 0.5) is 5.00 Å². The maximum atomic E-state index is 12.3. The zero-order valence-corrected chi connectivity index (χ0v) is 11.1. The maximum absolute atomic E-state index is 12.3. The number of rotatable bonds is 3. The van der Waals surface area contributed by atoms with Gasteiger partial charge in [0.2, 0.25) is 0 Å². The van der Waals surface area contributed by atoms with Gasteiger partial charge in [-0.1, -0.05) is 0 Å². The first kappa shape index (κ1) is 12.4. The van der Waals surface area contributed by atoms with Gasteiger partial charge in [0, 0.05) is 25.1 Å². The average Bonchev–Trinajstić information content (AvgIpc) is 2.89. The number of carbonyl (C=O) groups is 1. The van der Waals surface area contributed by atoms with E-state index in [2.05, 4.69) is 0 Å². The van der Waals surface area contributed by atoms with Crippen molar-refractivity contribution < 1.29 is 9.53 Å². The van der Waals surface area contributed by atoms with Crippen molar-refractivity contribution in [2.24, 2.45) is 0 Å². The Morgan fingerprint density at radius 2 is 2.12 bits per heavy atom. The normalized spacial score (nSPS) is 15.5. The minimum absolute atomic E-state index is 0.0797. The number of ether oxygens (including phenoxy) is 1. The van der Waals surface area contributed by atoms with Crippen LogP contribution in [0.15, 0.2) is 0 Å². The Morgan fingerprint density at radius 1 is 1.47 bits per heavy atom. The summed E-state index contributed by atoms with van der Waals surface area (Å²) in [6.45, 7) is 4.18. The molecular weight excluding hydrogens is 236 g/mol. The standard InChI is InChI=1S/C12H18N2O2S/c1-8-9(7-16-2)17-11(13)10(8)12(15)14-5-3-4-6-14/h3-7,13H2,1-2H3. The molecule has 0 aromatic carbocycles. The highest BCUT2D eigenvalue weighted by molar-refractivity contribution is 7.16. The second-order valence-corrected chi connectivity index (χ2v) is 5.46. The van der Waals surface area contributed by atoms with E-state index in [1.54, 1.807) is 7.11 Å². The molecule has 1 aliphatic rings. The van der Waals surface area contributed by atoms with Gasteiger partial charge in [0.15, 0.2) is 0 Å². The van der Waals surface area contributed by atoms with Gasteiger partial charge in [0.05, 0.1) is 17.2 Å². The van der Waals surface area contributed by atoms with Crippen LogP contribution in [0, 0.1) is 6.92 Å². The van der Waals surface area contributed by atoms with Gasteiger partial charge in [-0.15, -0.1) is 11.3 Å². The number of likely N-dealkylation sites (tertiary alicyclic amines) is 1. The van der Waals surface area contributed by atoms with E-state index in [1.165, 1.54) is 11.3 Å². The Hall–Kier alpha value is -1.07. The van der Waals surface area contributed by atoms with Gasteiger partial charge in [0.1, 0.15) is 0 Å². The lowest BCUT2D eigenvalue weighted by Gasteiger charge is -2.15. The van der Waals surface area contributed by atoms with Crippen LogP contribution < -0.4 is 5.73 Å². The number of thiophene rings is 1. The Morgan fingerprint density at radius 3 is 2.71 bits per heavy atom. The topological polar surface area (TPSA) is 55.6 Å². The van der Waals surface area contributed by atoms with Gasteiger partial charge >= 0.3 is 0 Å². The number of hydrogen-bond acceptors (Lipinski definition) is 4. The van der Waals surface area contributed by atoms with E-state index in [0.29, 0.717) is 17.2 Å². The van der Waals surface area contributed by atoms with Gasteiger partial charge < -0.3 is 15.4 Å². The zero-order valence-electron chi connectivity index (χ0n) is 10.3. The fourth-order valence-corrected chi connectivity index (χ4v) is 3.24. The molecule has 0 saturated carbocycles. The van der Waals surface area contributed by atoms with Crippen LogP contribution >= 0.6 is 11.3 Å². The van der Waals surface area contributed by atoms with Crippen molar-refractivity contribution in [1.29, 1.82) is 0 Å². The third kappa shape index (κ3) is 2.30. The van der Waals surface area contributed by atoms with Gasteiger partial charge in [-0.3, -0.25) is 4.79 Å². The lowest BCUT2D eigenvalue weighted by atomic mass is 10.1. The van der Waals surface area contributed by atoms with Crippen molar-refractivity contribution in [3.63, 3.8) is 0 Å². The first-order chi connectivity index (χ1) is 8.15. The highest BCUT2D eigenvalue weighted by Crippen LogP contribution is 2.32. The minimum Gasteiger partial charge on any atom is -0.390 e. The fraction of sp³-hybridized carbons (Fsp3) is 0.583. The molecule has 0 radical (unpaired) electrons. The molecular formula is C12H18N2O2S. The predicted octanol–water partition coefficient (Wildman–Crippen LogP) is 2.02. The van der Waals surface area contributed by atoms with Crippen LogP contribution in [0.2, 0.25) is 0 Å². The summed E-state index contributed by atoms with van der Waals surface area (Å²) in [6, 6.07) is 0. The van der Waals surface area contributed by atoms with Crippen LogP contribution in [-0.4, -0.2) is 31.0 Å². The summed E-state index contributed by atoms with van der Waals surface area (Å²) in [5.41, 5.74) is 7.62. The van der Waals surface area contributed by atoms with E-state index in [-0.39, 0.29) is 5.91 Å². The molecule has 2 rings (SSSR count). The van der Waals surface area contributed by atoms with E-state index in [0.717, 1.165) is 36.4 Å². The summed E-state index contributed by atoms with van der Waals surface area (Å²) in [5.74, 6) is 0.0797. The van der Waals surface area contributed by atoms with Crippen molar-refractivity contribution in [2.75, 3.05) is 25.9 Å².